The van der Waals surface area contributed by atoms with E-state index in [9.17, 15) is 15.0 Å². The lowest BCUT2D eigenvalue weighted by molar-refractivity contribution is -0.137. The first-order valence-corrected chi connectivity index (χ1v) is 11.2. The number of hydrogen-bond acceptors (Lipinski definition) is 3. The predicted octanol–water partition coefficient (Wildman–Crippen LogP) is 4.90. The molecule has 2 aliphatic carbocycles. The summed E-state index contributed by atoms with van der Waals surface area (Å²) in [7, 11) is 0. The van der Waals surface area contributed by atoms with Crippen molar-refractivity contribution < 1.29 is 20.1 Å². The van der Waals surface area contributed by atoms with Gasteiger partial charge in [0, 0.05) is 17.7 Å². The van der Waals surface area contributed by atoms with Gasteiger partial charge >= 0.3 is 5.97 Å². The summed E-state index contributed by atoms with van der Waals surface area (Å²) in [4.78, 5) is 10.5. The predicted molar refractivity (Wildman–Crippen MR) is 109 cm³/mol. The van der Waals surface area contributed by atoms with E-state index in [4.69, 9.17) is 16.7 Å². The van der Waals surface area contributed by atoms with E-state index in [0.717, 1.165) is 51.4 Å². The van der Waals surface area contributed by atoms with E-state index in [0.29, 0.717) is 12.8 Å². The van der Waals surface area contributed by atoms with E-state index < -0.39 is 12.1 Å². The van der Waals surface area contributed by atoms with Crippen molar-refractivity contribution in [1.29, 1.82) is 0 Å². The molecule has 4 nitrogen and oxygen atoms in total. The number of carboxylic acid groups (broad SMARTS) is 1. The molecule has 2 saturated carbocycles. The molecule has 0 radical (unpaired) electrons. The van der Waals surface area contributed by atoms with Crippen LogP contribution in [0.25, 0.3) is 0 Å². The molecule has 2 rings (SSSR count). The fourth-order valence-corrected chi connectivity index (χ4v) is 5.39. The van der Waals surface area contributed by atoms with Crippen molar-refractivity contribution in [3.63, 3.8) is 0 Å². The molecule has 27 heavy (non-hydrogen) atoms. The Balaban J connectivity index is 1.77. The number of rotatable bonds is 12. The van der Waals surface area contributed by atoms with E-state index in [2.05, 4.69) is 19.1 Å². The standard InChI is InChI=1S/C22H37ClO4/c1-2-22(13-8-14-22)20(25)11-7-10-17-16(18(23)15-19(17)24)9-5-3-4-6-12-21(26)27/h7,10,16-20,24-25H,2-6,8-9,11-15H2,1H3,(H,26,27)/b10-7+/t16-,17-,18?,19?,20?/m1/s1. The molecule has 0 saturated heterocycles. The highest BCUT2D eigenvalue weighted by Crippen LogP contribution is 2.48. The van der Waals surface area contributed by atoms with E-state index in [1.54, 1.807) is 0 Å². The zero-order valence-electron chi connectivity index (χ0n) is 16.7. The van der Waals surface area contributed by atoms with Gasteiger partial charge in [-0.1, -0.05) is 44.8 Å². The summed E-state index contributed by atoms with van der Waals surface area (Å²) in [5, 5.41) is 29.6. The van der Waals surface area contributed by atoms with Crippen LogP contribution in [0.1, 0.15) is 84.0 Å². The SMILES string of the molecule is CCC1(C(O)C/C=C/[C@H]2C(O)CC(Cl)[C@@H]2CCCCCCC(=O)O)CCC1. The number of carbonyl (C=O) groups is 1. The number of aliphatic carboxylic acids is 1. The monoisotopic (exact) mass is 400 g/mol. The molecular weight excluding hydrogens is 364 g/mol. The lowest BCUT2D eigenvalue weighted by Gasteiger charge is -2.45. The fraction of sp³-hybridized carbons (Fsp3) is 0.864. The first-order chi connectivity index (χ1) is 12.9. The van der Waals surface area contributed by atoms with Crippen molar-refractivity contribution >= 4 is 17.6 Å². The molecule has 0 spiro atoms. The number of halogens is 1. The normalized spacial score (nSPS) is 31.1. The second-order valence-electron chi connectivity index (χ2n) is 8.66. The summed E-state index contributed by atoms with van der Waals surface area (Å²) in [5.41, 5.74) is 0.114. The molecule has 0 bridgehead atoms. The Morgan fingerprint density at radius 3 is 2.56 bits per heavy atom. The van der Waals surface area contributed by atoms with Crippen LogP contribution < -0.4 is 0 Å². The zero-order valence-corrected chi connectivity index (χ0v) is 17.4. The Kier molecular flexibility index (Phi) is 9.10. The summed E-state index contributed by atoms with van der Waals surface area (Å²) >= 11 is 6.50. The smallest absolute Gasteiger partial charge is 0.303 e. The van der Waals surface area contributed by atoms with Gasteiger partial charge in [0.25, 0.3) is 0 Å². The largest absolute Gasteiger partial charge is 0.481 e. The van der Waals surface area contributed by atoms with Crippen molar-refractivity contribution in [1.82, 2.24) is 0 Å². The van der Waals surface area contributed by atoms with Crippen LogP contribution in [0.5, 0.6) is 0 Å². The number of carboxylic acids is 1. The van der Waals surface area contributed by atoms with Crippen LogP contribution in [0, 0.1) is 17.3 Å². The van der Waals surface area contributed by atoms with Crippen molar-refractivity contribution in [3.05, 3.63) is 12.2 Å². The maximum atomic E-state index is 10.6. The van der Waals surface area contributed by atoms with Crippen LogP contribution in [0.15, 0.2) is 12.2 Å². The summed E-state index contributed by atoms with van der Waals surface area (Å²) in [5.74, 6) is -0.398. The van der Waals surface area contributed by atoms with Crippen LogP contribution >= 0.6 is 11.6 Å². The molecule has 0 aromatic carbocycles. The zero-order chi connectivity index (χ0) is 19.9. The molecule has 0 heterocycles. The van der Waals surface area contributed by atoms with Gasteiger partial charge in [-0.05, 0) is 56.3 Å². The Hall–Kier alpha value is -0.580. The molecule has 0 aromatic heterocycles. The summed E-state index contributed by atoms with van der Waals surface area (Å²) in [6.45, 7) is 2.16. The van der Waals surface area contributed by atoms with Gasteiger partial charge in [-0.2, -0.15) is 0 Å². The summed E-state index contributed by atoms with van der Waals surface area (Å²) in [6, 6.07) is 0. The van der Waals surface area contributed by atoms with Crippen molar-refractivity contribution in [2.24, 2.45) is 17.3 Å². The fourth-order valence-electron chi connectivity index (χ4n) is 4.91. The number of hydrogen-bond donors (Lipinski definition) is 3. The third kappa shape index (κ3) is 6.20. The molecule has 2 aliphatic rings. The molecule has 2 fully saturated rings. The van der Waals surface area contributed by atoms with Gasteiger partial charge in [0.1, 0.15) is 0 Å². The van der Waals surface area contributed by atoms with Crippen LogP contribution in [-0.4, -0.2) is 38.9 Å². The molecule has 5 atom stereocenters. The minimum Gasteiger partial charge on any atom is -0.481 e. The highest BCUT2D eigenvalue weighted by molar-refractivity contribution is 6.21. The molecular formula is C22H37ClO4. The maximum Gasteiger partial charge on any atom is 0.303 e. The molecule has 5 heteroatoms. The van der Waals surface area contributed by atoms with E-state index >= 15 is 0 Å². The van der Waals surface area contributed by atoms with Crippen LogP contribution in [0.2, 0.25) is 0 Å². The minimum absolute atomic E-state index is 0.00721. The molecule has 3 unspecified atom stereocenters. The third-order valence-corrected chi connectivity index (χ3v) is 7.53. The number of alkyl halides is 1. The highest BCUT2D eigenvalue weighted by atomic mass is 35.5. The van der Waals surface area contributed by atoms with Crippen molar-refractivity contribution in [2.45, 2.75) is 102 Å². The van der Waals surface area contributed by atoms with Crippen molar-refractivity contribution in [3.8, 4) is 0 Å². The topological polar surface area (TPSA) is 77.8 Å². The van der Waals surface area contributed by atoms with E-state index in [-0.39, 0.29) is 35.2 Å². The Labute approximate surface area is 169 Å². The number of unbranched alkanes of at least 4 members (excludes halogenated alkanes) is 3. The number of aliphatic hydroxyl groups is 2. The van der Waals surface area contributed by atoms with Gasteiger partial charge < -0.3 is 15.3 Å². The van der Waals surface area contributed by atoms with Gasteiger partial charge in [0.05, 0.1) is 12.2 Å². The lowest BCUT2D eigenvalue weighted by atomic mass is 9.63. The van der Waals surface area contributed by atoms with Crippen LogP contribution in [0.4, 0.5) is 0 Å². The third-order valence-electron chi connectivity index (χ3n) is 7.03. The first-order valence-electron chi connectivity index (χ1n) is 10.8. The maximum absolute atomic E-state index is 10.6. The summed E-state index contributed by atoms with van der Waals surface area (Å²) in [6.07, 6.45) is 14.1. The van der Waals surface area contributed by atoms with Gasteiger partial charge in [-0.3, -0.25) is 4.79 Å². The van der Waals surface area contributed by atoms with Gasteiger partial charge in [-0.15, -0.1) is 11.6 Å². The molecule has 0 aliphatic heterocycles. The Morgan fingerprint density at radius 2 is 1.96 bits per heavy atom. The molecule has 156 valence electrons. The van der Waals surface area contributed by atoms with Gasteiger partial charge in [0.15, 0.2) is 0 Å². The van der Waals surface area contributed by atoms with Crippen LogP contribution in [0.3, 0.4) is 0 Å². The number of aliphatic hydroxyl groups excluding tert-OH is 2. The first kappa shape index (κ1) is 22.7. The summed E-state index contributed by atoms with van der Waals surface area (Å²) < 4.78 is 0. The highest BCUT2D eigenvalue weighted by Gasteiger charge is 2.42. The average molecular weight is 401 g/mol. The molecule has 0 amide bonds. The quantitative estimate of drug-likeness (QED) is 0.247. The second kappa shape index (κ2) is 10.8. The van der Waals surface area contributed by atoms with E-state index in [1.807, 2.05) is 0 Å². The van der Waals surface area contributed by atoms with Gasteiger partial charge in [0.2, 0.25) is 0 Å². The van der Waals surface area contributed by atoms with E-state index in [1.165, 1.54) is 6.42 Å². The van der Waals surface area contributed by atoms with Gasteiger partial charge in [-0.25, -0.2) is 0 Å². The second-order valence-corrected chi connectivity index (χ2v) is 9.22. The molecule has 3 N–H and O–H groups in total. The minimum atomic E-state index is -0.728. The van der Waals surface area contributed by atoms with Crippen molar-refractivity contribution in [2.75, 3.05) is 0 Å². The lowest BCUT2D eigenvalue weighted by Crippen LogP contribution is -2.40. The Bertz CT molecular complexity index is 483. The Morgan fingerprint density at radius 1 is 1.26 bits per heavy atom. The van der Waals surface area contributed by atoms with Crippen LogP contribution in [-0.2, 0) is 4.79 Å². The average Bonchev–Trinajstić information content (AvgIpc) is 2.84. The molecule has 0 aromatic rings.